The van der Waals surface area contributed by atoms with Crippen molar-refractivity contribution in [2.24, 2.45) is 0 Å². The quantitative estimate of drug-likeness (QED) is 0.0809. The van der Waals surface area contributed by atoms with E-state index in [0.717, 1.165) is 53.9 Å². The number of sulfonamides is 3. The van der Waals surface area contributed by atoms with Gasteiger partial charge in [-0.25, -0.2) is 43.2 Å². The van der Waals surface area contributed by atoms with Gasteiger partial charge < -0.3 is 42.9 Å². The molecular formula is C97H83F3N12O15S3. The minimum Gasteiger partial charge on any atom is -0.455 e. The van der Waals surface area contributed by atoms with Crippen molar-refractivity contribution in [3.63, 3.8) is 0 Å². The van der Waals surface area contributed by atoms with E-state index in [2.05, 4.69) is 20.9 Å². The smallest absolute Gasteiger partial charge is 0.348 e. The highest BCUT2D eigenvalue weighted by molar-refractivity contribution is 7.92. The number of aryl methyl sites for hydroxylation is 5. The molecule has 130 heavy (non-hydrogen) atoms. The summed E-state index contributed by atoms with van der Waals surface area (Å²) in [6.45, 7) is 7.52. The lowest BCUT2D eigenvalue weighted by Crippen LogP contribution is -2.30. The van der Waals surface area contributed by atoms with Crippen molar-refractivity contribution in [3.05, 3.63) is 301 Å². The molecule has 3 amide bonds. The van der Waals surface area contributed by atoms with E-state index in [9.17, 15) is 67.2 Å². The van der Waals surface area contributed by atoms with Crippen LogP contribution in [0.2, 0.25) is 0 Å². The Morgan fingerprint density at radius 3 is 1.17 bits per heavy atom. The van der Waals surface area contributed by atoms with E-state index in [-0.39, 0.29) is 85.0 Å². The van der Waals surface area contributed by atoms with Crippen LogP contribution in [0.1, 0.15) is 47.8 Å². The summed E-state index contributed by atoms with van der Waals surface area (Å²) < 4.78 is 150. The Morgan fingerprint density at radius 2 is 0.746 bits per heavy atom. The van der Waals surface area contributed by atoms with E-state index in [4.69, 9.17) is 13.3 Å². The molecule has 660 valence electrons. The predicted octanol–water partition coefficient (Wildman–Crippen LogP) is 16.0. The molecule has 0 saturated carbocycles. The van der Waals surface area contributed by atoms with Gasteiger partial charge in [0.1, 0.15) is 51.5 Å². The molecule has 0 unspecified atom stereocenters. The molecular weight excluding hydrogens is 1730 g/mol. The highest BCUT2D eigenvalue weighted by Gasteiger charge is 2.34. The van der Waals surface area contributed by atoms with Gasteiger partial charge in [-0.2, -0.15) is 4.98 Å². The molecule has 0 spiro atoms. The molecule has 0 aliphatic carbocycles. The van der Waals surface area contributed by atoms with Crippen LogP contribution in [0.5, 0.6) is 0 Å². The monoisotopic (exact) mass is 1810 g/mol. The summed E-state index contributed by atoms with van der Waals surface area (Å²) >= 11 is 0. The number of carbonyl (C=O) groups excluding carboxylic acids is 3. The number of amides is 3. The van der Waals surface area contributed by atoms with Gasteiger partial charge in [0, 0.05) is 177 Å². The van der Waals surface area contributed by atoms with Crippen molar-refractivity contribution in [3.8, 4) is 95.9 Å². The molecule has 0 bridgehead atoms. The summed E-state index contributed by atoms with van der Waals surface area (Å²) in [5, 5.41) is 10.2. The lowest BCUT2D eigenvalue weighted by Gasteiger charge is -2.24. The van der Waals surface area contributed by atoms with Gasteiger partial charge >= 0.3 is 5.69 Å². The van der Waals surface area contributed by atoms with E-state index >= 15 is 0 Å². The molecule has 0 fully saturated rings. The summed E-state index contributed by atoms with van der Waals surface area (Å²) in [5.74, 6) is -1.50. The minimum absolute atomic E-state index is 0.193. The third-order valence-corrected chi connectivity index (χ3v) is 27.3. The SMILES string of the molecule is CNC(=O)c1c(-c2ccc(C)cc2)oc2cc(N(C)S(C)(=O)=O)c(-c3cc4n(c(=O)c3)CCn3c-4cc4c(F)cccc43)cc12.CNC(=O)c1c(-c2ccc(C)cc2)oc2cc(N(C)S(C)(=O)=O)c(-c3cc4n(c(=O)n3)CCn3c-4cc4c(F)cccc43)cc12.CNC(=O)c1c(-c2ccc(F)cc2)oc2cc(N(C)S(C)(=O)=O)c(-c3ccc(=O)n(-c4ccc(C)cc4)c3)cc12. The second-order valence-corrected chi connectivity index (χ2v) is 38.0. The Hall–Kier alpha value is -15.1. The maximum absolute atomic E-state index is 14.8. The van der Waals surface area contributed by atoms with Crippen molar-refractivity contribution in [2.45, 2.75) is 47.0 Å². The average molecular weight is 1810 g/mol. The maximum Gasteiger partial charge on any atom is 0.348 e. The lowest BCUT2D eigenvalue weighted by atomic mass is 9.97. The average Bonchev–Trinajstić information content (AvgIpc) is 1.52. The van der Waals surface area contributed by atoms with Crippen molar-refractivity contribution in [2.75, 3.05) is 74.0 Å². The molecule has 2 aliphatic heterocycles. The van der Waals surface area contributed by atoms with Gasteiger partial charge in [0.05, 0.1) is 92.0 Å². The Balaban J connectivity index is 0.000000137. The molecule has 19 rings (SSSR count). The number of anilines is 3. The first-order valence-electron chi connectivity index (χ1n) is 40.8. The zero-order chi connectivity index (χ0) is 92.3. The van der Waals surface area contributed by atoms with E-state index < -0.39 is 53.4 Å². The fraction of sp³-hybridized carbons (Fsp3) is 0.165. The van der Waals surface area contributed by atoms with Crippen molar-refractivity contribution < 1.29 is 66.1 Å². The molecule has 0 radical (unpaired) electrons. The van der Waals surface area contributed by atoms with Crippen LogP contribution in [0, 0.1) is 38.2 Å². The molecule has 9 aromatic carbocycles. The van der Waals surface area contributed by atoms with Crippen molar-refractivity contribution >= 4 is 120 Å². The number of carbonyl (C=O) groups is 3. The summed E-state index contributed by atoms with van der Waals surface area (Å²) in [6, 6.07) is 58.9. The first-order valence-corrected chi connectivity index (χ1v) is 46.4. The largest absolute Gasteiger partial charge is 0.455 e. The van der Waals surface area contributed by atoms with Crippen LogP contribution in [0.4, 0.5) is 30.2 Å². The number of benzene rings is 9. The van der Waals surface area contributed by atoms with E-state index in [0.29, 0.717) is 149 Å². The molecule has 2 aliphatic rings. The third kappa shape index (κ3) is 15.7. The zero-order valence-electron chi connectivity index (χ0n) is 72.1. The van der Waals surface area contributed by atoms with Gasteiger partial charge in [0.25, 0.3) is 28.8 Å². The number of nitrogens with zero attached hydrogens (tertiary/aromatic N) is 9. The van der Waals surface area contributed by atoms with Crippen LogP contribution in [-0.2, 0) is 56.2 Å². The first kappa shape index (κ1) is 87.0. The number of fused-ring (bicyclic) bond motifs is 13. The second kappa shape index (κ2) is 33.3. The lowest BCUT2D eigenvalue weighted by molar-refractivity contribution is 0.0956. The van der Waals surface area contributed by atoms with E-state index in [1.807, 2.05) is 121 Å². The van der Waals surface area contributed by atoms with Gasteiger partial charge in [-0.15, -0.1) is 0 Å². The molecule has 10 heterocycles. The Kier molecular flexibility index (Phi) is 22.3. The summed E-state index contributed by atoms with van der Waals surface area (Å²) in [5.41, 5.74) is 13.0. The topological polar surface area (TPSA) is 328 Å². The molecule has 8 aromatic heterocycles. The van der Waals surface area contributed by atoms with Crippen molar-refractivity contribution in [1.29, 1.82) is 0 Å². The Labute approximate surface area is 742 Å². The third-order valence-electron chi connectivity index (χ3n) is 23.7. The predicted molar refractivity (Wildman–Crippen MR) is 499 cm³/mol. The molecule has 33 heteroatoms. The van der Waals surface area contributed by atoms with Gasteiger partial charge in [-0.05, 0) is 136 Å². The highest BCUT2D eigenvalue weighted by Crippen LogP contribution is 2.47. The zero-order valence-corrected chi connectivity index (χ0v) is 74.6. The minimum atomic E-state index is -3.78. The maximum atomic E-state index is 14.8. The fourth-order valence-corrected chi connectivity index (χ4v) is 18.2. The molecule has 3 N–H and O–H groups in total. The van der Waals surface area contributed by atoms with Gasteiger partial charge in [-0.1, -0.05) is 89.5 Å². The van der Waals surface area contributed by atoms with Crippen molar-refractivity contribution in [1.82, 2.24) is 43.8 Å². The number of halogens is 3. The first-order chi connectivity index (χ1) is 61.9. The molecule has 0 saturated heterocycles. The fourth-order valence-electron chi connectivity index (χ4n) is 16.7. The normalized spacial score (nSPS) is 12.4. The number of aromatic nitrogens is 6. The molecule has 17 aromatic rings. The van der Waals surface area contributed by atoms with Crippen LogP contribution >= 0.6 is 0 Å². The van der Waals surface area contributed by atoms with Gasteiger partial charge in [0.15, 0.2) is 0 Å². The number of pyridine rings is 2. The highest BCUT2D eigenvalue weighted by atomic mass is 32.2. The van der Waals surface area contributed by atoms with E-state index in [1.54, 1.807) is 83.6 Å². The summed E-state index contributed by atoms with van der Waals surface area (Å²) in [7, 11) is -2.47. The number of hydrogen-bond donors (Lipinski definition) is 3. The Bertz CT molecular complexity index is 7840. The van der Waals surface area contributed by atoms with Gasteiger partial charge in [0.2, 0.25) is 30.1 Å². The van der Waals surface area contributed by atoms with Crippen LogP contribution in [-0.4, -0.2) is 132 Å². The van der Waals surface area contributed by atoms with Crippen LogP contribution < -0.4 is 45.7 Å². The number of hydrogen-bond acceptors (Lipinski definition) is 16. The van der Waals surface area contributed by atoms with Crippen LogP contribution in [0.15, 0.2) is 246 Å². The number of nitrogens with one attached hydrogen (secondary N) is 3. The summed E-state index contributed by atoms with van der Waals surface area (Å²) in [6.07, 6.45) is 4.87. The molecule has 0 atom stereocenters. The van der Waals surface area contributed by atoms with E-state index in [1.165, 1.54) is 100.0 Å². The summed E-state index contributed by atoms with van der Waals surface area (Å²) in [4.78, 5) is 83.9. The molecule has 27 nitrogen and oxygen atoms in total. The second-order valence-electron chi connectivity index (χ2n) is 31.9. The number of furan rings is 3. The Morgan fingerprint density at radius 1 is 0.385 bits per heavy atom. The number of rotatable bonds is 16. The van der Waals surface area contributed by atoms with Crippen LogP contribution in [0.3, 0.4) is 0 Å². The van der Waals surface area contributed by atoms with Crippen LogP contribution in [0.25, 0.3) is 151 Å². The van der Waals surface area contributed by atoms with Gasteiger partial charge in [-0.3, -0.25) is 46.0 Å². The standard InChI is InChI=1S/C34H29FN4O5S.C33H28FN5O5S.C30H26FN3O5S/c1-19-8-10-20(11-9-19)33-32(34(41)36-2)24-16-22(27(18-30(24)44-33)37(3)45(4,42)43)21-14-28-29-17-23-25(35)6-5-7-26(23)38(29)12-13-39(28)31(40)15-21;1-18-8-10-19(11-9-18)31-30(32(40)35-2)22-14-21(26(17-29(22)44-31)37(3)45(4,42)43)24-16-28-27-15-20-23(34)6-5-7-25(20)38(27)12-13-39(28)33(41)36-24;1-18-5-12-22(13-6-18)34-17-20(9-14-27(34)35)23-15-24-26(16-25(23)33(3)40(4,37)38)39-29(28(24)30(36)32-2)19-7-10-21(31)11-8-19/h5-11,14-18H,12-13H2,1-4H3,(H,36,41);5-11,14-17H,12-13H2,1-4H3,(H,35,40);5-17H,1-4H3,(H,32,36).